The maximum absolute atomic E-state index is 12.9. The first-order valence-corrected chi connectivity index (χ1v) is 7.44. The minimum atomic E-state index is 0.180. The molecule has 4 rings (SSSR count). The SMILES string of the molecule is O=C(c1cccc2ccncc12)C1CC2CCC(C1)N2. The lowest BCUT2D eigenvalue weighted by Gasteiger charge is -2.28. The third-order valence-corrected chi connectivity index (χ3v) is 4.79. The van der Waals surface area contributed by atoms with E-state index in [1.807, 2.05) is 30.5 Å². The van der Waals surface area contributed by atoms with Gasteiger partial charge in [0.05, 0.1) is 0 Å². The molecule has 0 saturated carbocycles. The van der Waals surface area contributed by atoms with Crippen molar-refractivity contribution >= 4 is 16.6 Å². The Morgan fingerprint density at radius 2 is 1.95 bits per heavy atom. The Kier molecular flexibility index (Phi) is 2.81. The summed E-state index contributed by atoms with van der Waals surface area (Å²) in [5, 5.41) is 5.69. The van der Waals surface area contributed by atoms with Crippen LogP contribution < -0.4 is 5.32 Å². The summed E-state index contributed by atoms with van der Waals surface area (Å²) < 4.78 is 0. The lowest BCUT2D eigenvalue weighted by Crippen LogP contribution is -2.40. The van der Waals surface area contributed by atoms with E-state index in [2.05, 4.69) is 10.3 Å². The molecule has 3 heteroatoms. The number of nitrogens with zero attached hydrogens (tertiary/aromatic N) is 1. The summed E-state index contributed by atoms with van der Waals surface area (Å²) in [5.41, 5.74) is 0.849. The highest BCUT2D eigenvalue weighted by molar-refractivity contribution is 6.08. The molecule has 2 aromatic rings. The zero-order chi connectivity index (χ0) is 13.5. The summed E-state index contributed by atoms with van der Waals surface area (Å²) in [6, 6.07) is 9.05. The Morgan fingerprint density at radius 3 is 2.75 bits per heavy atom. The van der Waals surface area contributed by atoms with Gasteiger partial charge in [0.1, 0.15) is 0 Å². The van der Waals surface area contributed by atoms with Gasteiger partial charge in [-0.25, -0.2) is 0 Å². The molecule has 2 unspecified atom stereocenters. The average molecular weight is 266 g/mol. The second kappa shape index (κ2) is 4.67. The second-order valence-electron chi connectivity index (χ2n) is 6.07. The highest BCUT2D eigenvalue weighted by Crippen LogP contribution is 2.34. The third kappa shape index (κ3) is 1.93. The maximum Gasteiger partial charge on any atom is 0.166 e. The number of rotatable bonds is 2. The van der Waals surface area contributed by atoms with Gasteiger partial charge in [-0.05, 0) is 37.1 Å². The van der Waals surface area contributed by atoms with Crippen LogP contribution in [0.15, 0.2) is 36.7 Å². The molecule has 20 heavy (non-hydrogen) atoms. The van der Waals surface area contributed by atoms with E-state index in [0.29, 0.717) is 17.9 Å². The predicted octanol–water partition coefficient (Wildman–Crippen LogP) is 2.95. The molecule has 1 aromatic carbocycles. The van der Waals surface area contributed by atoms with Gasteiger partial charge in [-0.15, -0.1) is 0 Å². The summed E-state index contributed by atoms with van der Waals surface area (Å²) in [5.74, 6) is 0.488. The van der Waals surface area contributed by atoms with E-state index < -0.39 is 0 Å². The summed E-state index contributed by atoms with van der Waals surface area (Å²) >= 11 is 0. The van der Waals surface area contributed by atoms with Crippen LogP contribution in [-0.4, -0.2) is 22.9 Å². The third-order valence-electron chi connectivity index (χ3n) is 4.79. The number of hydrogen-bond acceptors (Lipinski definition) is 3. The van der Waals surface area contributed by atoms with Crippen molar-refractivity contribution in [3.8, 4) is 0 Å². The van der Waals surface area contributed by atoms with E-state index in [0.717, 1.165) is 29.2 Å². The number of hydrogen-bond donors (Lipinski definition) is 1. The fraction of sp³-hybridized carbons (Fsp3) is 0.412. The van der Waals surface area contributed by atoms with Gasteiger partial charge in [0.2, 0.25) is 0 Å². The van der Waals surface area contributed by atoms with Crippen molar-refractivity contribution < 1.29 is 4.79 Å². The maximum atomic E-state index is 12.9. The van der Waals surface area contributed by atoms with Crippen LogP contribution in [0, 0.1) is 5.92 Å². The number of nitrogens with one attached hydrogen (secondary N) is 1. The van der Waals surface area contributed by atoms with Gasteiger partial charge < -0.3 is 5.32 Å². The van der Waals surface area contributed by atoms with Gasteiger partial charge in [-0.2, -0.15) is 0 Å². The molecule has 1 N–H and O–H groups in total. The highest BCUT2D eigenvalue weighted by Gasteiger charge is 2.37. The number of pyridine rings is 1. The Morgan fingerprint density at radius 1 is 1.15 bits per heavy atom. The summed E-state index contributed by atoms with van der Waals surface area (Å²) in [4.78, 5) is 17.1. The molecule has 2 saturated heterocycles. The largest absolute Gasteiger partial charge is 0.311 e. The van der Waals surface area contributed by atoms with Gasteiger partial charge in [0.25, 0.3) is 0 Å². The first kappa shape index (κ1) is 12.0. The van der Waals surface area contributed by atoms with E-state index in [-0.39, 0.29) is 5.92 Å². The second-order valence-corrected chi connectivity index (χ2v) is 6.07. The zero-order valence-electron chi connectivity index (χ0n) is 11.4. The summed E-state index contributed by atoms with van der Waals surface area (Å²) in [6.07, 6.45) is 8.04. The van der Waals surface area contributed by atoms with Crippen molar-refractivity contribution in [1.29, 1.82) is 0 Å². The standard InChI is InChI=1S/C17H18N2O/c20-17(12-8-13-4-5-14(9-12)19-13)15-3-1-2-11-6-7-18-10-16(11)15/h1-3,6-7,10,12-14,19H,4-5,8-9H2. The number of Topliss-reactive ketones (excluding diaryl/α,β-unsaturated/α-hetero) is 1. The summed E-state index contributed by atoms with van der Waals surface area (Å²) in [6.45, 7) is 0. The van der Waals surface area contributed by atoms with Crippen LogP contribution in [0.3, 0.4) is 0 Å². The molecule has 3 nitrogen and oxygen atoms in total. The van der Waals surface area contributed by atoms with E-state index in [4.69, 9.17) is 0 Å². The molecule has 2 aliphatic heterocycles. The fourth-order valence-corrected chi connectivity index (χ4v) is 3.82. The van der Waals surface area contributed by atoms with Crippen molar-refractivity contribution in [2.24, 2.45) is 5.92 Å². The molecule has 0 radical (unpaired) electrons. The van der Waals surface area contributed by atoms with Gasteiger partial charge in [0.15, 0.2) is 5.78 Å². The smallest absolute Gasteiger partial charge is 0.166 e. The summed E-state index contributed by atoms with van der Waals surface area (Å²) in [7, 11) is 0. The van der Waals surface area contributed by atoms with Crippen molar-refractivity contribution in [3.63, 3.8) is 0 Å². The number of carbonyl (C=O) groups excluding carboxylic acids is 1. The quantitative estimate of drug-likeness (QED) is 0.850. The van der Waals surface area contributed by atoms with Crippen LogP contribution in [0.25, 0.3) is 10.8 Å². The van der Waals surface area contributed by atoms with Crippen molar-refractivity contribution in [2.75, 3.05) is 0 Å². The molecule has 2 bridgehead atoms. The van der Waals surface area contributed by atoms with E-state index in [9.17, 15) is 4.79 Å². The molecule has 2 atom stereocenters. The fourth-order valence-electron chi connectivity index (χ4n) is 3.82. The molecule has 0 aliphatic carbocycles. The number of carbonyl (C=O) groups is 1. The van der Waals surface area contributed by atoms with Crippen LogP contribution in [-0.2, 0) is 0 Å². The molecule has 2 fully saturated rings. The predicted molar refractivity (Wildman–Crippen MR) is 78.7 cm³/mol. The molecule has 3 heterocycles. The number of piperidine rings is 1. The Balaban J connectivity index is 1.70. The minimum absolute atomic E-state index is 0.180. The van der Waals surface area contributed by atoms with Crippen LogP contribution in [0.4, 0.5) is 0 Å². The van der Waals surface area contributed by atoms with Crippen LogP contribution in [0.1, 0.15) is 36.0 Å². The monoisotopic (exact) mass is 266 g/mol. The Labute approximate surface area is 118 Å². The van der Waals surface area contributed by atoms with Gasteiger partial charge in [0, 0.05) is 41.3 Å². The Hall–Kier alpha value is -1.74. The highest BCUT2D eigenvalue weighted by atomic mass is 16.1. The lowest BCUT2D eigenvalue weighted by molar-refractivity contribution is 0.0877. The van der Waals surface area contributed by atoms with Gasteiger partial charge >= 0.3 is 0 Å². The molecule has 0 spiro atoms. The van der Waals surface area contributed by atoms with Crippen LogP contribution in [0.2, 0.25) is 0 Å². The Bertz CT molecular complexity index is 650. The molecular weight excluding hydrogens is 248 g/mol. The molecule has 102 valence electrons. The zero-order valence-corrected chi connectivity index (χ0v) is 11.4. The average Bonchev–Trinajstić information content (AvgIpc) is 2.84. The van der Waals surface area contributed by atoms with Crippen LogP contribution >= 0.6 is 0 Å². The topological polar surface area (TPSA) is 42.0 Å². The number of benzene rings is 1. The van der Waals surface area contributed by atoms with Crippen molar-refractivity contribution in [3.05, 3.63) is 42.2 Å². The van der Waals surface area contributed by atoms with Crippen molar-refractivity contribution in [2.45, 2.75) is 37.8 Å². The first-order chi connectivity index (χ1) is 9.81. The van der Waals surface area contributed by atoms with E-state index in [1.165, 1.54) is 12.8 Å². The molecule has 2 aliphatic rings. The molecule has 1 aromatic heterocycles. The van der Waals surface area contributed by atoms with E-state index in [1.54, 1.807) is 6.20 Å². The minimum Gasteiger partial charge on any atom is -0.311 e. The number of aromatic nitrogens is 1. The van der Waals surface area contributed by atoms with Crippen LogP contribution in [0.5, 0.6) is 0 Å². The van der Waals surface area contributed by atoms with Gasteiger partial charge in [-0.3, -0.25) is 9.78 Å². The lowest BCUT2D eigenvalue weighted by atomic mass is 9.85. The molecule has 0 amide bonds. The number of fused-ring (bicyclic) bond motifs is 3. The van der Waals surface area contributed by atoms with Gasteiger partial charge in [-0.1, -0.05) is 18.2 Å². The number of ketones is 1. The molecular formula is C17H18N2O. The first-order valence-electron chi connectivity index (χ1n) is 7.44. The van der Waals surface area contributed by atoms with E-state index >= 15 is 0 Å². The normalized spacial score (nSPS) is 28.7. The van der Waals surface area contributed by atoms with Crippen molar-refractivity contribution in [1.82, 2.24) is 10.3 Å².